The van der Waals surface area contributed by atoms with Gasteiger partial charge >= 0.3 is 5.97 Å². The van der Waals surface area contributed by atoms with Gasteiger partial charge in [0.05, 0.1) is 15.8 Å². The average Bonchev–Trinajstić information content (AvgIpc) is 2.87. The van der Waals surface area contributed by atoms with Gasteiger partial charge in [0.1, 0.15) is 5.75 Å². The van der Waals surface area contributed by atoms with E-state index in [4.69, 9.17) is 4.74 Å². The van der Waals surface area contributed by atoms with Gasteiger partial charge in [0.25, 0.3) is 11.1 Å². The largest absolute Gasteiger partial charge is 0.425 e. The first-order chi connectivity index (χ1) is 12.4. The van der Waals surface area contributed by atoms with Crippen LogP contribution in [0.5, 0.6) is 5.75 Å². The first kappa shape index (κ1) is 18.9. The minimum absolute atomic E-state index is 0.149. The molecule has 0 bridgehead atoms. The van der Waals surface area contributed by atoms with Crippen molar-refractivity contribution in [1.29, 1.82) is 0 Å². The fraction of sp³-hybridized carbons (Fsp3) is 0.0556. The smallest absolute Gasteiger partial charge is 0.315 e. The Morgan fingerprint density at radius 3 is 2.62 bits per heavy atom. The van der Waals surface area contributed by atoms with E-state index in [9.17, 15) is 14.4 Å². The Morgan fingerprint density at radius 1 is 1.15 bits per heavy atom. The third-order valence-electron chi connectivity index (χ3n) is 3.36. The molecule has 0 atom stereocenters. The van der Waals surface area contributed by atoms with E-state index in [0.29, 0.717) is 20.7 Å². The molecule has 0 unspecified atom stereocenters. The van der Waals surface area contributed by atoms with Crippen LogP contribution in [0, 0.1) is 0 Å². The molecule has 1 fully saturated rings. The fourth-order valence-electron chi connectivity index (χ4n) is 2.23. The second-order valence-corrected chi connectivity index (χ2v) is 8.11. The summed E-state index contributed by atoms with van der Waals surface area (Å²) in [5, 5.41) is 1.81. The van der Waals surface area contributed by atoms with E-state index in [-0.39, 0.29) is 12.4 Å². The number of nitrogens with one attached hydrogen (secondary N) is 1. The summed E-state index contributed by atoms with van der Waals surface area (Å²) in [5.41, 5.74) is 1.55. The molecule has 0 aromatic heterocycles. The van der Waals surface area contributed by atoms with Gasteiger partial charge in [-0.2, -0.15) is 0 Å². The highest BCUT2D eigenvalue weighted by Crippen LogP contribution is 2.30. The molecule has 1 N–H and O–H groups in total. The summed E-state index contributed by atoms with van der Waals surface area (Å²) < 4.78 is 6.86. The Kier molecular flexibility index (Phi) is 5.95. The Morgan fingerprint density at radius 2 is 1.96 bits per heavy atom. The summed E-state index contributed by atoms with van der Waals surface area (Å²) >= 11 is 7.58. The van der Waals surface area contributed by atoms with Crippen LogP contribution in [0.2, 0.25) is 0 Å². The maximum Gasteiger partial charge on any atom is 0.315 e. The SMILES string of the molecule is O=C(Cc1cccc(Br)c1)Oc1ccc(C=C2SC(=O)NC2=O)cc1Br. The Labute approximate surface area is 170 Å². The van der Waals surface area contributed by atoms with E-state index >= 15 is 0 Å². The zero-order valence-electron chi connectivity index (χ0n) is 13.1. The predicted octanol–water partition coefficient (Wildman–Crippen LogP) is 4.68. The molecule has 1 heterocycles. The summed E-state index contributed by atoms with van der Waals surface area (Å²) in [6, 6.07) is 12.5. The summed E-state index contributed by atoms with van der Waals surface area (Å²) in [6.45, 7) is 0. The van der Waals surface area contributed by atoms with Crippen LogP contribution in [0.15, 0.2) is 56.3 Å². The lowest BCUT2D eigenvalue weighted by Crippen LogP contribution is -2.17. The van der Waals surface area contributed by atoms with E-state index < -0.39 is 11.1 Å². The van der Waals surface area contributed by atoms with Gasteiger partial charge in [-0.1, -0.05) is 34.1 Å². The molecule has 8 heteroatoms. The molecule has 1 aliphatic heterocycles. The van der Waals surface area contributed by atoms with Crippen LogP contribution in [0.4, 0.5) is 4.79 Å². The molecule has 26 heavy (non-hydrogen) atoms. The maximum absolute atomic E-state index is 12.1. The van der Waals surface area contributed by atoms with Gasteiger partial charge in [-0.05, 0) is 69.2 Å². The average molecular weight is 497 g/mol. The number of thioether (sulfide) groups is 1. The number of benzene rings is 2. The Hall–Kier alpha value is -1.90. The molecule has 1 saturated heterocycles. The first-order valence-corrected chi connectivity index (χ1v) is 9.80. The molecule has 2 aromatic carbocycles. The third kappa shape index (κ3) is 4.84. The molecule has 0 saturated carbocycles. The number of esters is 1. The lowest BCUT2D eigenvalue weighted by Gasteiger charge is -2.08. The van der Waals surface area contributed by atoms with Gasteiger partial charge in [0, 0.05) is 4.47 Å². The van der Waals surface area contributed by atoms with Crippen molar-refractivity contribution in [2.75, 3.05) is 0 Å². The van der Waals surface area contributed by atoms with E-state index in [1.165, 1.54) is 0 Å². The van der Waals surface area contributed by atoms with Crippen LogP contribution in [-0.2, 0) is 16.0 Å². The number of hydrogen-bond acceptors (Lipinski definition) is 5. The van der Waals surface area contributed by atoms with Gasteiger partial charge in [-0.3, -0.25) is 19.7 Å². The first-order valence-electron chi connectivity index (χ1n) is 7.40. The molecule has 1 aliphatic rings. The number of rotatable bonds is 4. The number of imide groups is 1. The molecular weight excluding hydrogens is 486 g/mol. The highest BCUT2D eigenvalue weighted by atomic mass is 79.9. The minimum atomic E-state index is -0.416. The number of amides is 2. The normalized spacial score (nSPS) is 15.2. The molecule has 0 radical (unpaired) electrons. The zero-order valence-corrected chi connectivity index (χ0v) is 17.1. The molecule has 132 valence electrons. The van der Waals surface area contributed by atoms with Gasteiger partial charge in [0.15, 0.2) is 0 Å². The van der Waals surface area contributed by atoms with Gasteiger partial charge in [-0.15, -0.1) is 0 Å². The van der Waals surface area contributed by atoms with Crippen molar-refractivity contribution in [1.82, 2.24) is 5.32 Å². The van der Waals surface area contributed by atoms with Crippen LogP contribution >= 0.6 is 43.6 Å². The second-order valence-electron chi connectivity index (χ2n) is 5.32. The highest BCUT2D eigenvalue weighted by Gasteiger charge is 2.25. The monoisotopic (exact) mass is 495 g/mol. The minimum Gasteiger partial charge on any atom is -0.425 e. The van der Waals surface area contributed by atoms with Gasteiger partial charge in [-0.25, -0.2) is 0 Å². The molecular formula is C18H11Br2NO4S. The van der Waals surface area contributed by atoms with Crippen molar-refractivity contribution in [3.8, 4) is 5.75 Å². The molecule has 5 nitrogen and oxygen atoms in total. The van der Waals surface area contributed by atoms with Crippen molar-refractivity contribution in [2.24, 2.45) is 0 Å². The highest BCUT2D eigenvalue weighted by molar-refractivity contribution is 9.10. The summed E-state index contributed by atoms with van der Waals surface area (Å²) in [6.07, 6.45) is 1.75. The molecule has 3 rings (SSSR count). The lowest BCUT2D eigenvalue weighted by molar-refractivity contribution is -0.133. The van der Waals surface area contributed by atoms with Crippen LogP contribution in [0.25, 0.3) is 6.08 Å². The quantitative estimate of drug-likeness (QED) is 0.378. The van der Waals surface area contributed by atoms with Crippen LogP contribution in [0.3, 0.4) is 0 Å². The molecule has 0 spiro atoms. The van der Waals surface area contributed by atoms with E-state index in [2.05, 4.69) is 37.2 Å². The lowest BCUT2D eigenvalue weighted by atomic mass is 10.1. The molecule has 2 aromatic rings. The van der Waals surface area contributed by atoms with Crippen molar-refractivity contribution in [3.05, 3.63) is 67.4 Å². The summed E-state index contributed by atoms with van der Waals surface area (Å²) in [5.74, 6) is -0.418. The van der Waals surface area contributed by atoms with Crippen molar-refractivity contribution in [2.45, 2.75) is 6.42 Å². The topological polar surface area (TPSA) is 72.5 Å². The summed E-state index contributed by atoms with van der Waals surface area (Å²) in [4.78, 5) is 35.2. The van der Waals surface area contributed by atoms with Crippen molar-refractivity contribution in [3.63, 3.8) is 0 Å². The standard InChI is InChI=1S/C18H11Br2NO4S/c19-12-3-1-2-10(6-12)9-16(22)25-14-5-4-11(7-13(14)20)8-15-17(23)21-18(24)26-15/h1-8H,9H2,(H,21,23,24). The predicted molar refractivity (Wildman–Crippen MR) is 107 cm³/mol. The number of carbonyl (C=O) groups excluding carboxylic acids is 3. The van der Waals surface area contributed by atoms with Crippen LogP contribution in [-0.4, -0.2) is 17.1 Å². The van der Waals surface area contributed by atoms with Crippen LogP contribution in [0.1, 0.15) is 11.1 Å². The third-order valence-corrected chi connectivity index (χ3v) is 5.28. The zero-order chi connectivity index (χ0) is 18.7. The Bertz CT molecular complexity index is 943. The van der Waals surface area contributed by atoms with E-state index in [0.717, 1.165) is 21.8 Å². The molecule has 2 amide bonds. The second kappa shape index (κ2) is 8.20. The van der Waals surface area contributed by atoms with Crippen molar-refractivity contribution >= 4 is 66.8 Å². The molecule has 0 aliphatic carbocycles. The maximum atomic E-state index is 12.1. The number of halogens is 2. The van der Waals surface area contributed by atoms with Crippen molar-refractivity contribution < 1.29 is 19.1 Å². The van der Waals surface area contributed by atoms with E-state index in [1.807, 2.05) is 24.3 Å². The van der Waals surface area contributed by atoms with Crippen LogP contribution < -0.4 is 10.1 Å². The summed E-state index contributed by atoms with van der Waals surface area (Å²) in [7, 11) is 0. The number of carbonyl (C=O) groups is 3. The van der Waals surface area contributed by atoms with Gasteiger partial charge < -0.3 is 4.74 Å². The number of ether oxygens (including phenoxy) is 1. The number of hydrogen-bond donors (Lipinski definition) is 1. The van der Waals surface area contributed by atoms with Gasteiger partial charge in [0.2, 0.25) is 0 Å². The van der Waals surface area contributed by atoms with E-state index in [1.54, 1.807) is 24.3 Å². The Balaban J connectivity index is 1.70. The fourth-order valence-corrected chi connectivity index (χ4v) is 3.84.